The van der Waals surface area contributed by atoms with Crippen LogP contribution in [0.15, 0.2) is 23.1 Å². The fraction of sp³-hybridized carbons (Fsp3) is 0.650. The van der Waals surface area contributed by atoms with Crippen molar-refractivity contribution in [2.75, 3.05) is 19.6 Å². The number of hydrogen-bond donors (Lipinski definition) is 2. The number of amides is 1. The predicted octanol–water partition coefficient (Wildman–Crippen LogP) is 2.71. The smallest absolute Gasteiger partial charge is 0.251 e. The van der Waals surface area contributed by atoms with Crippen LogP contribution in [0, 0.1) is 12.8 Å². The number of halogens is 1. The van der Waals surface area contributed by atoms with Crippen LogP contribution in [0.1, 0.15) is 55.5 Å². The number of nitrogens with one attached hydrogen (secondary N) is 2. The molecule has 0 bridgehead atoms. The molecule has 3 rings (SSSR count). The molecule has 0 aliphatic carbocycles. The van der Waals surface area contributed by atoms with Crippen molar-refractivity contribution in [3.63, 3.8) is 0 Å². The lowest BCUT2D eigenvalue weighted by Crippen LogP contribution is -2.48. The van der Waals surface area contributed by atoms with Gasteiger partial charge in [0, 0.05) is 24.2 Å². The number of nitrogens with zero attached hydrogens (tertiary/aromatic N) is 1. The Labute approximate surface area is 174 Å². The minimum Gasteiger partial charge on any atom is -0.349 e. The molecule has 1 amide bonds. The number of hydrogen-bond acceptors (Lipinski definition) is 4. The van der Waals surface area contributed by atoms with Gasteiger partial charge in [0.2, 0.25) is 10.0 Å². The molecule has 28 heavy (non-hydrogen) atoms. The molecule has 158 valence electrons. The average molecular weight is 430 g/mol. The van der Waals surface area contributed by atoms with E-state index in [0.717, 1.165) is 44.3 Å². The van der Waals surface area contributed by atoms with Crippen LogP contribution in [0.4, 0.5) is 0 Å². The van der Waals surface area contributed by atoms with Crippen LogP contribution in [-0.2, 0) is 10.0 Å². The Morgan fingerprint density at radius 2 is 1.96 bits per heavy atom. The summed E-state index contributed by atoms with van der Waals surface area (Å²) in [5, 5.41) is 6.43. The summed E-state index contributed by atoms with van der Waals surface area (Å²) in [5.41, 5.74) is 1.24. The Morgan fingerprint density at radius 3 is 2.64 bits per heavy atom. The summed E-state index contributed by atoms with van der Waals surface area (Å²) in [4.78, 5) is 13.1. The van der Waals surface area contributed by atoms with Crippen molar-refractivity contribution in [1.29, 1.82) is 0 Å². The molecule has 3 unspecified atom stereocenters. The molecule has 0 radical (unpaired) electrons. The monoisotopic (exact) mass is 429 g/mol. The van der Waals surface area contributed by atoms with Gasteiger partial charge in [-0.2, -0.15) is 4.31 Å². The van der Waals surface area contributed by atoms with Crippen LogP contribution in [-0.4, -0.2) is 50.3 Å². The minimum absolute atomic E-state index is 0. The lowest BCUT2D eigenvalue weighted by atomic mass is 9.95. The van der Waals surface area contributed by atoms with Gasteiger partial charge in [0.1, 0.15) is 0 Å². The topological polar surface area (TPSA) is 78.5 Å². The molecule has 6 nitrogen and oxygen atoms in total. The van der Waals surface area contributed by atoms with Gasteiger partial charge in [-0.3, -0.25) is 4.79 Å². The molecule has 2 fully saturated rings. The highest BCUT2D eigenvalue weighted by Gasteiger charge is 2.32. The molecule has 0 aromatic heterocycles. The van der Waals surface area contributed by atoms with Crippen molar-refractivity contribution in [2.45, 2.75) is 63.4 Å². The van der Waals surface area contributed by atoms with Gasteiger partial charge in [0.15, 0.2) is 0 Å². The highest BCUT2D eigenvalue weighted by atomic mass is 35.5. The van der Waals surface area contributed by atoms with Crippen LogP contribution < -0.4 is 10.6 Å². The maximum atomic E-state index is 13.1. The van der Waals surface area contributed by atoms with E-state index in [-0.39, 0.29) is 35.3 Å². The van der Waals surface area contributed by atoms with Crippen molar-refractivity contribution in [2.24, 2.45) is 5.92 Å². The number of piperidine rings is 2. The van der Waals surface area contributed by atoms with E-state index in [1.165, 1.54) is 0 Å². The number of rotatable bonds is 4. The Kier molecular flexibility index (Phi) is 7.90. The number of benzene rings is 1. The van der Waals surface area contributed by atoms with Crippen LogP contribution >= 0.6 is 12.4 Å². The number of carbonyl (C=O) groups is 1. The van der Waals surface area contributed by atoms with Crippen LogP contribution in [0.5, 0.6) is 0 Å². The van der Waals surface area contributed by atoms with E-state index in [0.29, 0.717) is 18.0 Å². The van der Waals surface area contributed by atoms with Gasteiger partial charge in [-0.15, -0.1) is 12.4 Å². The van der Waals surface area contributed by atoms with E-state index in [2.05, 4.69) is 17.6 Å². The molecule has 3 atom stereocenters. The van der Waals surface area contributed by atoms with E-state index in [1.807, 2.05) is 13.8 Å². The fourth-order valence-electron chi connectivity index (χ4n) is 4.05. The summed E-state index contributed by atoms with van der Waals surface area (Å²) in [6.45, 7) is 8.23. The largest absolute Gasteiger partial charge is 0.349 e. The summed E-state index contributed by atoms with van der Waals surface area (Å²) < 4.78 is 27.8. The molecule has 2 aliphatic heterocycles. The summed E-state index contributed by atoms with van der Waals surface area (Å²) in [6.07, 6.45) is 3.71. The van der Waals surface area contributed by atoms with Gasteiger partial charge in [-0.05, 0) is 69.8 Å². The Hall–Kier alpha value is -1.15. The second-order valence-corrected chi connectivity index (χ2v) is 9.88. The third kappa shape index (κ3) is 4.87. The van der Waals surface area contributed by atoms with E-state index >= 15 is 0 Å². The molecular formula is C20H32ClN3O3S. The predicted molar refractivity (Wildman–Crippen MR) is 114 cm³/mol. The second kappa shape index (κ2) is 9.57. The van der Waals surface area contributed by atoms with Crippen LogP contribution in [0.3, 0.4) is 0 Å². The van der Waals surface area contributed by atoms with E-state index < -0.39 is 10.0 Å². The maximum Gasteiger partial charge on any atom is 0.251 e. The van der Waals surface area contributed by atoms with Crippen molar-refractivity contribution in [3.05, 3.63) is 29.3 Å². The molecule has 2 saturated heterocycles. The maximum absolute atomic E-state index is 13.1. The molecular weight excluding hydrogens is 398 g/mol. The lowest BCUT2D eigenvalue weighted by molar-refractivity contribution is 0.0913. The minimum atomic E-state index is -3.58. The quantitative estimate of drug-likeness (QED) is 0.771. The highest BCUT2D eigenvalue weighted by molar-refractivity contribution is 7.89. The molecule has 1 aromatic carbocycles. The van der Waals surface area contributed by atoms with E-state index in [9.17, 15) is 13.2 Å². The van der Waals surface area contributed by atoms with Crippen LogP contribution in [0.2, 0.25) is 0 Å². The summed E-state index contributed by atoms with van der Waals surface area (Å²) in [6, 6.07) is 5.02. The summed E-state index contributed by atoms with van der Waals surface area (Å²) in [7, 11) is -3.58. The summed E-state index contributed by atoms with van der Waals surface area (Å²) >= 11 is 0. The number of sulfonamides is 1. The average Bonchev–Trinajstić information content (AvgIpc) is 2.64. The SMILES string of the molecule is Cc1ccc(S(=O)(=O)N2CCCCC2C)cc1C(=O)NC1CCNCC1C.Cl. The highest BCUT2D eigenvalue weighted by Crippen LogP contribution is 2.26. The first-order chi connectivity index (χ1) is 12.8. The van der Waals surface area contributed by atoms with Gasteiger partial charge < -0.3 is 10.6 Å². The Bertz CT molecular complexity index is 800. The van der Waals surface area contributed by atoms with Gasteiger partial charge in [-0.1, -0.05) is 19.4 Å². The first-order valence-electron chi connectivity index (χ1n) is 9.95. The van der Waals surface area contributed by atoms with Gasteiger partial charge in [0.05, 0.1) is 4.90 Å². The molecule has 8 heteroatoms. The third-order valence-corrected chi connectivity index (χ3v) is 7.91. The lowest BCUT2D eigenvalue weighted by Gasteiger charge is -2.32. The van der Waals surface area contributed by atoms with Crippen molar-refractivity contribution >= 4 is 28.3 Å². The van der Waals surface area contributed by atoms with Gasteiger partial charge in [-0.25, -0.2) is 8.42 Å². The molecule has 0 saturated carbocycles. The molecule has 2 heterocycles. The molecule has 0 spiro atoms. The van der Waals surface area contributed by atoms with Crippen molar-refractivity contribution in [1.82, 2.24) is 14.9 Å². The van der Waals surface area contributed by atoms with Crippen molar-refractivity contribution < 1.29 is 13.2 Å². The Balaban J connectivity index is 0.00000280. The third-order valence-electron chi connectivity index (χ3n) is 5.90. The number of carbonyl (C=O) groups excluding carboxylic acids is 1. The van der Waals surface area contributed by atoms with Crippen molar-refractivity contribution in [3.8, 4) is 0 Å². The normalized spacial score (nSPS) is 26.3. The molecule has 1 aromatic rings. The molecule has 2 N–H and O–H groups in total. The molecule has 2 aliphatic rings. The summed E-state index contributed by atoms with van der Waals surface area (Å²) in [5.74, 6) is 0.166. The van der Waals surface area contributed by atoms with Crippen LogP contribution in [0.25, 0.3) is 0 Å². The standard InChI is InChI=1S/C20H31N3O3S.ClH/c1-14-7-8-17(27(25,26)23-11-5-4-6-16(23)3)12-18(14)20(24)22-19-9-10-21-13-15(19)2;/h7-8,12,15-16,19,21H,4-6,9-11,13H2,1-3H3,(H,22,24);1H. The zero-order valence-electron chi connectivity index (χ0n) is 16.9. The number of aryl methyl sites for hydroxylation is 1. The van der Waals surface area contributed by atoms with Gasteiger partial charge in [0.25, 0.3) is 5.91 Å². The Morgan fingerprint density at radius 1 is 1.21 bits per heavy atom. The first kappa shape index (κ1) is 23.1. The zero-order valence-corrected chi connectivity index (χ0v) is 18.5. The second-order valence-electron chi connectivity index (χ2n) is 7.99. The fourth-order valence-corrected chi connectivity index (χ4v) is 5.77. The van der Waals surface area contributed by atoms with Gasteiger partial charge >= 0.3 is 0 Å². The van der Waals surface area contributed by atoms with E-state index in [1.54, 1.807) is 22.5 Å². The first-order valence-corrected chi connectivity index (χ1v) is 11.4. The van der Waals surface area contributed by atoms with E-state index in [4.69, 9.17) is 0 Å². The zero-order chi connectivity index (χ0) is 19.6.